The van der Waals surface area contributed by atoms with E-state index in [9.17, 15) is 9.59 Å². The Labute approximate surface area is 170 Å². The maximum Gasteiger partial charge on any atom is 0.258 e. The van der Waals surface area contributed by atoms with Gasteiger partial charge in [0.25, 0.3) is 5.56 Å². The highest BCUT2D eigenvalue weighted by Gasteiger charge is 2.18. The number of aromatic amines is 1. The number of rotatable bonds is 8. The highest BCUT2D eigenvalue weighted by Crippen LogP contribution is 2.24. The molecular weight excluding hydrogens is 366 g/mol. The first-order valence-corrected chi connectivity index (χ1v) is 9.89. The molecule has 0 aliphatic carbocycles. The molecule has 3 aromatic rings. The van der Waals surface area contributed by atoms with Crippen molar-refractivity contribution in [3.8, 4) is 5.75 Å². The quantitative estimate of drug-likeness (QED) is 0.610. The normalized spacial score (nSPS) is 12.1. The number of nitrogens with zero attached hydrogens (tertiary/aromatic N) is 1. The monoisotopic (exact) mass is 393 g/mol. The molecule has 0 aliphatic heterocycles. The second-order valence-corrected chi connectivity index (χ2v) is 7.45. The largest absolute Gasteiger partial charge is 0.497 e. The van der Waals surface area contributed by atoms with Gasteiger partial charge in [0.1, 0.15) is 11.6 Å². The fourth-order valence-corrected chi connectivity index (χ4v) is 3.36. The van der Waals surface area contributed by atoms with E-state index in [1.807, 2.05) is 42.5 Å². The molecule has 1 aromatic heterocycles. The minimum absolute atomic E-state index is 0.0114. The van der Waals surface area contributed by atoms with Crippen LogP contribution >= 0.6 is 0 Å². The Hall–Kier alpha value is -3.15. The highest BCUT2D eigenvalue weighted by molar-refractivity contribution is 5.77. The summed E-state index contributed by atoms with van der Waals surface area (Å²) in [5, 5.41) is 3.70. The van der Waals surface area contributed by atoms with Crippen LogP contribution in [0.2, 0.25) is 0 Å². The summed E-state index contributed by atoms with van der Waals surface area (Å²) in [4.78, 5) is 31.9. The number of amides is 1. The van der Waals surface area contributed by atoms with Crippen LogP contribution in [-0.2, 0) is 11.2 Å². The summed E-state index contributed by atoms with van der Waals surface area (Å²) in [7, 11) is 1.63. The van der Waals surface area contributed by atoms with Crippen molar-refractivity contribution in [2.24, 2.45) is 5.92 Å². The van der Waals surface area contributed by atoms with Crippen molar-refractivity contribution >= 4 is 16.8 Å². The van der Waals surface area contributed by atoms with Gasteiger partial charge in [0.15, 0.2) is 0 Å². The molecule has 3 rings (SSSR count). The maximum absolute atomic E-state index is 12.5. The number of para-hydroxylation sites is 1. The van der Waals surface area contributed by atoms with Gasteiger partial charge in [0, 0.05) is 12.8 Å². The van der Waals surface area contributed by atoms with E-state index >= 15 is 0 Å². The van der Waals surface area contributed by atoms with Crippen LogP contribution in [-0.4, -0.2) is 23.0 Å². The Morgan fingerprint density at radius 2 is 1.86 bits per heavy atom. The second-order valence-electron chi connectivity index (χ2n) is 7.45. The van der Waals surface area contributed by atoms with E-state index < -0.39 is 0 Å². The minimum Gasteiger partial charge on any atom is -0.497 e. The van der Waals surface area contributed by atoms with Crippen LogP contribution in [0.15, 0.2) is 53.3 Å². The lowest BCUT2D eigenvalue weighted by Gasteiger charge is -2.23. The number of methoxy groups -OCH3 is 1. The van der Waals surface area contributed by atoms with Crippen molar-refractivity contribution in [1.29, 1.82) is 0 Å². The molecule has 6 heteroatoms. The van der Waals surface area contributed by atoms with Crippen molar-refractivity contribution in [2.45, 2.75) is 39.2 Å². The van der Waals surface area contributed by atoms with Gasteiger partial charge in [-0.1, -0.05) is 38.1 Å². The number of carbonyl (C=O) groups is 1. The number of aromatic nitrogens is 2. The third-order valence-electron chi connectivity index (χ3n) is 4.94. The van der Waals surface area contributed by atoms with Gasteiger partial charge in [-0.15, -0.1) is 0 Å². The number of benzene rings is 2. The van der Waals surface area contributed by atoms with Crippen molar-refractivity contribution in [3.63, 3.8) is 0 Å². The molecule has 6 nitrogen and oxygen atoms in total. The van der Waals surface area contributed by atoms with Crippen molar-refractivity contribution in [2.75, 3.05) is 7.11 Å². The number of nitrogens with one attached hydrogen (secondary N) is 2. The SMILES string of the molecule is COc1ccc(C(NC(=O)CCCc2nc3ccccc3c(=O)[nH]2)C(C)C)cc1. The Morgan fingerprint density at radius 3 is 2.55 bits per heavy atom. The van der Waals surface area contributed by atoms with Crippen LogP contribution in [0.3, 0.4) is 0 Å². The lowest BCUT2D eigenvalue weighted by atomic mass is 9.95. The van der Waals surface area contributed by atoms with Gasteiger partial charge in [-0.25, -0.2) is 4.98 Å². The molecule has 0 bridgehead atoms. The zero-order chi connectivity index (χ0) is 20.8. The molecule has 0 radical (unpaired) electrons. The summed E-state index contributed by atoms with van der Waals surface area (Å²) in [6.07, 6.45) is 1.53. The molecule has 0 aliphatic rings. The summed E-state index contributed by atoms with van der Waals surface area (Å²) in [5.74, 6) is 1.64. The lowest BCUT2D eigenvalue weighted by Crippen LogP contribution is -2.31. The first kappa shape index (κ1) is 20.6. The molecular formula is C23H27N3O3. The molecule has 0 fully saturated rings. The minimum atomic E-state index is -0.144. The standard InChI is InChI=1S/C23H27N3O3/c1-15(2)22(16-11-13-17(29-3)14-12-16)26-21(27)10-6-9-20-24-19-8-5-4-7-18(19)23(28)25-20/h4-5,7-8,11-15,22H,6,9-10H2,1-3H3,(H,26,27)(H,24,25,28). The number of ether oxygens (including phenoxy) is 1. The van der Waals surface area contributed by atoms with Gasteiger partial charge in [-0.05, 0) is 42.2 Å². The molecule has 1 unspecified atom stereocenters. The van der Waals surface area contributed by atoms with Crippen LogP contribution in [0.25, 0.3) is 10.9 Å². The van der Waals surface area contributed by atoms with Crippen LogP contribution in [0.5, 0.6) is 5.75 Å². The summed E-state index contributed by atoms with van der Waals surface area (Å²) in [5.41, 5.74) is 1.58. The van der Waals surface area contributed by atoms with Crippen molar-refractivity contribution in [1.82, 2.24) is 15.3 Å². The topological polar surface area (TPSA) is 84.1 Å². The van der Waals surface area contributed by atoms with Gasteiger partial charge in [0.05, 0.1) is 24.1 Å². The second kappa shape index (κ2) is 9.37. The number of H-pyrrole nitrogens is 1. The van der Waals surface area contributed by atoms with E-state index in [0.717, 1.165) is 11.3 Å². The highest BCUT2D eigenvalue weighted by atomic mass is 16.5. The molecule has 1 amide bonds. The average molecular weight is 393 g/mol. The molecule has 152 valence electrons. The summed E-state index contributed by atoms with van der Waals surface area (Å²) < 4.78 is 5.20. The molecule has 0 saturated carbocycles. The first-order chi connectivity index (χ1) is 14.0. The average Bonchev–Trinajstić information content (AvgIpc) is 2.72. The number of hydrogen-bond acceptors (Lipinski definition) is 4. The van der Waals surface area contributed by atoms with Gasteiger partial charge in [-0.3, -0.25) is 9.59 Å². The van der Waals surface area contributed by atoms with Crippen LogP contribution in [0, 0.1) is 5.92 Å². The molecule has 2 N–H and O–H groups in total. The lowest BCUT2D eigenvalue weighted by molar-refractivity contribution is -0.122. The van der Waals surface area contributed by atoms with Crippen LogP contribution in [0.4, 0.5) is 0 Å². The zero-order valence-corrected chi connectivity index (χ0v) is 17.1. The number of carbonyl (C=O) groups excluding carboxylic acids is 1. The van der Waals surface area contributed by atoms with Gasteiger partial charge < -0.3 is 15.0 Å². The first-order valence-electron chi connectivity index (χ1n) is 9.89. The fraction of sp³-hybridized carbons (Fsp3) is 0.348. The van der Waals surface area contributed by atoms with E-state index in [0.29, 0.717) is 36.0 Å². The Bertz CT molecular complexity index is 1030. The summed E-state index contributed by atoms with van der Waals surface area (Å²) in [6, 6.07) is 15.0. The van der Waals surface area contributed by atoms with Crippen molar-refractivity contribution in [3.05, 3.63) is 70.3 Å². The predicted octanol–water partition coefficient (Wildman–Crippen LogP) is 3.77. The Morgan fingerprint density at radius 1 is 1.14 bits per heavy atom. The summed E-state index contributed by atoms with van der Waals surface area (Å²) in [6.45, 7) is 4.16. The van der Waals surface area contributed by atoms with Gasteiger partial charge in [-0.2, -0.15) is 0 Å². The van der Waals surface area contributed by atoms with E-state index in [-0.39, 0.29) is 23.4 Å². The number of fused-ring (bicyclic) bond motifs is 1. The molecule has 2 aromatic carbocycles. The van der Waals surface area contributed by atoms with Crippen molar-refractivity contribution < 1.29 is 9.53 Å². The number of aryl methyl sites for hydroxylation is 1. The molecule has 1 atom stereocenters. The predicted molar refractivity (Wildman–Crippen MR) is 114 cm³/mol. The van der Waals surface area contributed by atoms with Crippen LogP contribution in [0.1, 0.15) is 44.1 Å². The maximum atomic E-state index is 12.5. The van der Waals surface area contributed by atoms with Gasteiger partial charge >= 0.3 is 0 Å². The molecule has 1 heterocycles. The fourth-order valence-electron chi connectivity index (χ4n) is 3.36. The van der Waals surface area contributed by atoms with E-state index in [1.165, 1.54) is 0 Å². The molecule has 0 saturated heterocycles. The van der Waals surface area contributed by atoms with E-state index in [4.69, 9.17) is 4.74 Å². The molecule has 0 spiro atoms. The molecule has 29 heavy (non-hydrogen) atoms. The smallest absolute Gasteiger partial charge is 0.258 e. The van der Waals surface area contributed by atoms with E-state index in [2.05, 4.69) is 29.1 Å². The third kappa shape index (κ3) is 5.22. The Balaban J connectivity index is 1.58. The third-order valence-corrected chi connectivity index (χ3v) is 4.94. The summed E-state index contributed by atoms with van der Waals surface area (Å²) >= 11 is 0. The number of hydrogen-bond donors (Lipinski definition) is 2. The van der Waals surface area contributed by atoms with Gasteiger partial charge in [0.2, 0.25) is 5.91 Å². The zero-order valence-electron chi connectivity index (χ0n) is 17.1. The van der Waals surface area contributed by atoms with Crippen LogP contribution < -0.4 is 15.6 Å². The van der Waals surface area contributed by atoms with E-state index in [1.54, 1.807) is 13.2 Å². The Kier molecular flexibility index (Phi) is 6.65.